The number of carbonyl (C=O) groups excluding carboxylic acids is 2. The molecule has 3 atom stereocenters. The largest absolute Gasteiger partial charge is 0.463 e. The Kier molecular flexibility index (Phi) is 10.1. The number of halogens is 1. The van der Waals surface area contributed by atoms with Crippen molar-refractivity contribution in [1.29, 1.82) is 0 Å². The van der Waals surface area contributed by atoms with E-state index >= 15 is 0 Å². The summed E-state index contributed by atoms with van der Waals surface area (Å²) >= 11 is 0. The van der Waals surface area contributed by atoms with Crippen molar-refractivity contribution < 1.29 is 19.1 Å². The monoisotopic (exact) mass is 348 g/mol. The smallest absolute Gasteiger partial charge is 0.333 e. The molecule has 1 rings (SSSR count). The fraction of sp³-hybridized carbons (Fsp3) is 0.750. The van der Waals surface area contributed by atoms with E-state index in [4.69, 9.17) is 15.2 Å². The fourth-order valence-electron chi connectivity index (χ4n) is 2.60. The van der Waals surface area contributed by atoms with Crippen molar-refractivity contribution in [1.82, 2.24) is 5.32 Å². The average molecular weight is 349 g/mol. The Morgan fingerprint density at radius 3 is 2.43 bits per heavy atom. The molecule has 0 spiro atoms. The Bertz CT molecular complexity index is 424. The number of ether oxygens (including phenoxy) is 2. The third-order valence-corrected chi connectivity index (χ3v) is 3.84. The summed E-state index contributed by atoms with van der Waals surface area (Å²) in [6, 6.07) is -0.719. The summed E-state index contributed by atoms with van der Waals surface area (Å²) in [6.45, 7) is 7.60. The Morgan fingerprint density at radius 1 is 1.35 bits per heavy atom. The summed E-state index contributed by atoms with van der Waals surface area (Å²) in [5, 5.41) is 2.81. The maximum Gasteiger partial charge on any atom is 0.333 e. The predicted molar refractivity (Wildman–Crippen MR) is 91.4 cm³/mol. The third kappa shape index (κ3) is 6.49. The summed E-state index contributed by atoms with van der Waals surface area (Å²) in [4.78, 5) is 23.4. The molecule has 0 fully saturated rings. The first kappa shape index (κ1) is 21.9. The van der Waals surface area contributed by atoms with E-state index in [9.17, 15) is 9.59 Å². The second kappa shape index (κ2) is 10.6. The number of rotatable bonds is 7. The van der Waals surface area contributed by atoms with Crippen LogP contribution in [-0.4, -0.2) is 42.8 Å². The van der Waals surface area contributed by atoms with Crippen molar-refractivity contribution in [3.05, 3.63) is 11.6 Å². The first-order valence-corrected chi connectivity index (χ1v) is 7.98. The van der Waals surface area contributed by atoms with E-state index in [1.165, 1.54) is 6.92 Å². The standard InChI is InChI=1S/C16H28N2O4.ClH/c1-5-12(6-2)22-14-9-11(16(20)21-7-3)8-13(15(14)17)18-10(4)19;/h9,12-15H,5-8,17H2,1-4H3,(H,18,19);1H/t13-,14+,15+;/m0./s1. The van der Waals surface area contributed by atoms with Gasteiger partial charge in [-0.1, -0.05) is 13.8 Å². The van der Waals surface area contributed by atoms with Crippen LogP contribution >= 0.6 is 12.4 Å². The van der Waals surface area contributed by atoms with Crippen molar-refractivity contribution in [3.8, 4) is 0 Å². The molecule has 1 aliphatic carbocycles. The van der Waals surface area contributed by atoms with Crippen LogP contribution in [-0.2, 0) is 19.1 Å². The number of carbonyl (C=O) groups is 2. The first-order valence-electron chi connectivity index (χ1n) is 7.98. The van der Waals surface area contributed by atoms with Crippen LogP contribution in [0.3, 0.4) is 0 Å². The lowest BCUT2D eigenvalue weighted by Gasteiger charge is -2.36. The third-order valence-electron chi connectivity index (χ3n) is 3.84. The van der Waals surface area contributed by atoms with Crippen molar-refractivity contribution >= 4 is 24.3 Å². The lowest BCUT2D eigenvalue weighted by atomic mass is 9.88. The highest BCUT2D eigenvalue weighted by Gasteiger charge is 2.35. The maximum absolute atomic E-state index is 12.0. The van der Waals surface area contributed by atoms with E-state index in [1.807, 2.05) is 13.8 Å². The van der Waals surface area contributed by atoms with Gasteiger partial charge in [0.05, 0.1) is 30.9 Å². The number of nitrogens with two attached hydrogens (primary N) is 1. The van der Waals surface area contributed by atoms with E-state index < -0.39 is 6.10 Å². The molecule has 0 saturated heterocycles. The minimum absolute atomic E-state index is 0. The fourth-order valence-corrected chi connectivity index (χ4v) is 2.60. The molecule has 7 heteroatoms. The Morgan fingerprint density at radius 2 is 1.96 bits per heavy atom. The second-order valence-electron chi connectivity index (χ2n) is 5.54. The number of hydrogen-bond acceptors (Lipinski definition) is 5. The van der Waals surface area contributed by atoms with Crippen LogP contribution in [0.25, 0.3) is 0 Å². The molecule has 1 amide bonds. The predicted octanol–water partition coefficient (Wildman–Crippen LogP) is 1.71. The molecule has 23 heavy (non-hydrogen) atoms. The van der Waals surface area contributed by atoms with Crippen LogP contribution in [0, 0.1) is 0 Å². The molecule has 0 aromatic carbocycles. The van der Waals surface area contributed by atoms with Gasteiger partial charge in [-0.05, 0) is 25.8 Å². The highest BCUT2D eigenvalue weighted by molar-refractivity contribution is 5.89. The van der Waals surface area contributed by atoms with Crippen LogP contribution in [0.4, 0.5) is 0 Å². The van der Waals surface area contributed by atoms with Gasteiger partial charge in [0.25, 0.3) is 0 Å². The van der Waals surface area contributed by atoms with Gasteiger partial charge in [-0.2, -0.15) is 0 Å². The Balaban J connectivity index is 0.00000484. The van der Waals surface area contributed by atoms with Crippen molar-refractivity contribution in [2.24, 2.45) is 5.73 Å². The van der Waals surface area contributed by atoms with Gasteiger partial charge < -0.3 is 20.5 Å². The number of esters is 1. The molecule has 0 radical (unpaired) electrons. The summed E-state index contributed by atoms with van der Waals surface area (Å²) in [5.74, 6) is -0.547. The molecule has 6 nitrogen and oxygen atoms in total. The summed E-state index contributed by atoms with van der Waals surface area (Å²) in [7, 11) is 0. The van der Waals surface area contributed by atoms with Crippen LogP contribution in [0.15, 0.2) is 11.6 Å². The zero-order valence-corrected chi connectivity index (χ0v) is 15.2. The van der Waals surface area contributed by atoms with Crippen molar-refractivity contribution in [2.75, 3.05) is 6.61 Å². The zero-order valence-electron chi connectivity index (χ0n) is 14.3. The minimum Gasteiger partial charge on any atom is -0.463 e. The first-order chi connectivity index (χ1) is 10.4. The van der Waals surface area contributed by atoms with Crippen LogP contribution in [0.5, 0.6) is 0 Å². The molecule has 0 aromatic rings. The van der Waals surface area contributed by atoms with Gasteiger partial charge in [-0.15, -0.1) is 12.4 Å². The molecule has 0 aromatic heterocycles. The highest BCUT2D eigenvalue weighted by atomic mass is 35.5. The van der Waals surface area contributed by atoms with Crippen LogP contribution in [0.1, 0.15) is 47.0 Å². The van der Waals surface area contributed by atoms with Gasteiger partial charge in [0.2, 0.25) is 5.91 Å². The average Bonchev–Trinajstić information content (AvgIpc) is 2.47. The van der Waals surface area contributed by atoms with Gasteiger partial charge in [0, 0.05) is 18.9 Å². The quantitative estimate of drug-likeness (QED) is 0.683. The SMILES string of the molecule is CCOC(=O)C1=C[C@@H](OC(CC)CC)[C@H](N)[C@@H](NC(C)=O)C1.Cl. The lowest BCUT2D eigenvalue weighted by molar-refractivity contribution is -0.139. The molecular formula is C16H29ClN2O4. The number of hydrogen-bond donors (Lipinski definition) is 2. The van der Waals surface area contributed by atoms with Crippen molar-refractivity contribution in [3.63, 3.8) is 0 Å². The second-order valence-corrected chi connectivity index (χ2v) is 5.54. The molecule has 0 heterocycles. The number of nitrogens with one attached hydrogen (secondary N) is 1. The molecule has 0 saturated carbocycles. The molecule has 0 bridgehead atoms. The molecule has 3 N–H and O–H groups in total. The summed E-state index contributed by atoms with van der Waals surface area (Å²) in [6.07, 6.45) is 3.52. The molecule has 0 unspecified atom stereocenters. The summed E-state index contributed by atoms with van der Waals surface area (Å²) < 4.78 is 11.1. The maximum atomic E-state index is 12.0. The Hall–Kier alpha value is -1.11. The molecule has 0 aliphatic heterocycles. The van der Waals surface area contributed by atoms with Gasteiger partial charge in [0.1, 0.15) is 0 Å². The molecular weight excluding hydrogens is 320 g/mol. The minimum atomic E-state index is -0.407. The highest BCUT2D eigenvalue weighted by Crippen LogP contribution is 2.23. The van der Waals surface area contributed by atoms with Gasteiger partial charge >= 0.3 is 5.97 Å². The van der Waals surface area contributed by atoms with Crippen LogP contribution in [0.2, 0.25) is 0 Å². The van der Waals surface area contributed by atoms with E-state index in [1.54, 1.807) is 13.0 Å². The van der Waals surface area contributed by atoms with E-state index in [-0.39, 0.29) is 42.5 Å². The van der Waals surface area contributed by atoms with Gasteiger partial charge in [0.15, 0.2) is 0 Å². The van der Waals surface area contributed by atoms with E-state index in [0.29, 0.717) is 18.6 Å². The normalized spacial score (nSPS) is 23.7. The topological polar surface area (TPSA) is 90.7 Å². The zero-order chi connectivity index (χ0) is 16.7. The van der Waals surface area contributed by atoms with E-state index in [2.05, 4.69) is 5.32 Å². The molecule has 1 aliphatic rings. The van der Waals surface area contributed by atoms with Gasteiger partial charge in [-0.25, -0.2) is 4.79 Å². The van der Waals surface area contributed by atoms with E-state index in [0.717, 1.165) is 12.8 Å². The summed E-state index contributed by atoms with van der Waals surface area (Å²) in [5.41, 5.74) is 6.74. The Labute approximate surface area is 144 Å². The molecule has 134 valence electrons. The van der Waals surface area contributed by atoms with Crippen LogP contribution < -0.4 is 11.1 Å². The lowest BCUT2D eigenvalue weighted by Crippen LogP contribution is -2.56. The number of amides is 1. The van der Waals surface area contributed by atoms with Crippen molar-refractivity contribution in [2.45, 2.75) is 71.2 Å². The van der Waals surface area contributed by atoms with Gasteiger partial charge in [-0.3, -0.25) is 4.79 Å².